The molecule has 0 saturated heterocycles. The first kappa shape index (κ1) is 11.9. The molecule has 0 aliphatic carbocycles. The molecule has 0 fully saturated rings. The molecule has 0 bridgehead atoms. The van der Waals surface area contributed by atoms with Gasteiger partial charge in [0.2, 0.25) is 0 Å². The van der Waals surface area contributed by atoms with Crippen LogP contribution in [0.4, 0.5) is 0 Å². The molecule has 0 atom stereocenters. The monoisotopic (exact) mass is 230 g/mol. The third-order valence-corrected chi connectivity index (χ3v) is 3.23. The van der Waals surface area contributed by atoms with E-state index < -0.39 is 0 Å². The summed E-state index contributed by atoms with van der Waals surface area (Å²) in [5, 5.41) is 0. The van der Waals surface area contributed by atoms with Crippen LogP contribution in [-0.2, 0) is 11.2 Å². The number of rotatable bonds is 2. The maximum atomic E-state index is 11.5. The van der Waals surface area contributed by atoms with Crippen molar-refractivity contribution in [2.45, 2.75) is 40.0 Å². The molecule has 0 aromatic heterocycles. The van der Waals surface area contributed by atoms with Gasteiger partial charge in [-0.15, -0.1) is 0 Å². The van der Waals surface area contributed by atoms with Crippen LogP contribution in [0, 0.1) is 0 Å². The number of benzene rings is 1. The van der Waals surface area contributed by atoms with Gasteiger partial charge in [0.15, 0.2) is 5.78 Å². The van der Waals surface area contributed by atoms with Crippen LogP contribution in [-0.4, -0.2) is 5.78 Å². The number of fused-ring (bicyclic) bond motifs is 1. The number of hydrogen-bond acceptors (Lipinski definition) is 2. The van der Waals surface area contributed by atoms with Gasteiger partial charge < -0.3 is 4.74 Å². The minimum Gasteiger partial charge on any atom is -0.461 e. The summed E-state index contributed by atoms with van der Waals surface area (Å²) >= 11 is 0. The Kier molecular flexibility index (Phi) is 3.05. The largest absolute Gasteiger partial charge is 0.461 e. The second-order valence-electron chi connectivity index (χ2n) is 4.89. The molecule has 0 spiro atoms. The summed E-state index contributed by atoms with van der Waals surface area (Å²) < 4.78 is 5.70. The lowest BCUT2D eigenvalue weighted by Gasteiger charge is -2.21. The highest BCUT2D eigenvalue weighted by molar-refractivity contribution is 5.94. The van der Waals surface area contributed by atoms with Gasteiger partial charge in [-0.2, -0.15) is 0 Å². The van der Waals surface area contributed by atoms with Crippen LogP contribution >= 0.6 is 0 Å². The van der Waals surface area contributed by atoms with Crippen molar-refractivity contribution in [3.05, 3.63) is 40.7 Å². The minimum absolute atomic E-state index is 0.100. The van der Waals surface area contributed by atoms with Crippen molar-refractivity contribution in [2.75, 3.05) is 0 Å². The van der Waals surface area contributed by atoms with E-state index in [0.29, 0.717) is 12.3 Å². The van der Waals surface area contributed by atoms with Crippen LogP contribution in [0.5, 0.6) is 5.75 Å². The maximum absolute atomic E-state index is 11.5. The smallest absolute Gasteiger partial charge is 0.159 e. The average Bonchev–Trinajstić information content (AvgIpc) is 2.27. The van der Waals surface area contributed by atoms with Crippen molar-refractivity contribution in [3.63, 3.8) is 0 Å². The molecule has 2 rings (SSSR count). The predicted octanol–water partition coefficient (Wildman–Crippen LogP) is 3.61. The molecular formula is C15H18O2. The van der Waals surface area contributed by atoms with Crippen molar-refractivity contribution in [3.8, 4) is 5.75 Å². The summed E-state index contributed by atoms with van der Waals surface area (Å²) in [6.45, 7) is 7.78. The third-order valence-electron chi connectivity index (χ3n) is 3.23. The summed E-state index contributed by atoms with van der Waals surface area (Å²) in [6, 6.07) is 6.25. The van der Waals surface area contributed by atoms with Gasteiger partial charge >= 0.3 is 0 Å². The zero-order chi connectivity index (χ0) is 12.6. The Morgan fingerprint density at radius 3 is 2.65 bits per heavy atom. The SMILES string of the molecule is CC(=O)C1=C(C)Oc2ccc(C(C)C)cc2C1. The number of ketones is 1. The zero-order valence-electron chi connectivity index (χ0n) is 10.8. The maximum Gasteiger partial charge on any atom is 0.159 e. The Balaban J connectivity index is 2.40. The van der Waals surface area contributed by atoms with E-state index >= 15 is 0 Å². The minimum atomic E-state index is 0.100. The summed E-state index contributed by atoms with van der Waals surface area (Å²) in [6.07, 6.45) is 0.692. The summed E-state index contributed by atoms with van der Waals surface area (Å²) in [4.78, 5) is 11.5. The Morgan fingerprint density at radius 1 is 1.35 bits per heavy atom. The first-order valence-corrected chi connectivity index (χ1v) is 6.00. The fourth-order valence-corrected chi connectivity index (χ4v) is 2.11. The van der Waals surface area contributed by atoms with E-state index in [-0.39, 0.29) is 5.78 Å². The molecule has 2 heteroatoms. The fourth-order valence-electron chi connectivity index (χ4n) is 2.11. The Morgan fingerprint density at radius 2 is 2.06 bits per heavy atom. The lowest BCUT2D eigenvalue weighted by molar-refractivity contribution is -0.113. The molecule has 90 valence electrons. The molecule has 1 aromatic rings. The van der Waals surface area contributed by atoms with Gasteiger partial charge in [0.25, 0.3) is 0 Å². The van der Waals surface area contributed by atoms with Gasteiger partial charge in [-0.3, -0.25) is 4.79 Å². The van der Waals surface area contributed by atoms with Crippen molar-refractivity contribution in [1.82, 2.24) is 0 Å². The molecule has 1 aromatic carbocycles. The van der Waals surface area contributed by atoms with Gasteiger partial charge in [-0.1, -0.05) is 26.0 Å². The van der Waals surface area contributed by atoms with E-state index in [2.05, 4.69) is 26.0 Å². The molecule has 1 aliphatic rings. The summed E-state index contributed by atoms with van der Waals surface area (Å²) in [7, 11) is 0. The highest BCUT2D eigenvalue weighted by Crippen LogP contribution is 2.32. The second-order valence-corrected chi connectivity index (χ2v) is 4.89. The van der Waals surface area contributed by atoms with Crippen LogP contribution in [0.25, 0.3) is 0 Å². The standard InChI is InChI=1S/C15H18O2/c1-9(2)12-5-6-15-13(7-12)8-14(10(3)16)11(4)17-15/h5-7,9H,8H2,1-4H3. The Labute approximate surface area is 102 Å². The number of carbonyl (C=O) groups excluding carboxylic acids is 1. The van der Waals surface area contributed by atoms with Gasteiger partial charge in [0, 0.05) is 12.0 Å². The molecular weight excluding hydrogens is 212 g/mol. The zero-order valence-corrected chi connectivity index (χ0v) is 10.8. The van der Waals surface area contributed by atoms with Crippen LogP contribution < -0.4 is 4.74 Å². The van der Waals surface area contributed by atoms with Crippen molar-refractivity contribution < 1.29 is 9.53 Å². The van der Waals surface area contributed by atoms with Gasteiger partial charge in [-0.05, 0) is 37.0 Å². The normalized spacial score (nSPS) is 14.6. The molecule has 17 heavy (non-hydrogen) atoms. The number of ether oxygens (including phenoxy) is 1. The van der Waals surface area contributed by atoms with E-state index in [4.69, 9.17) is 4.74 Å². The molecule has 0 unspecified atom stereocenters. The van der Waals surface area contributed by atoms with Crippen LogP contribution in [0.2, 0.25) is 0 Å². The molecule has 0 amide bonds. The van der Waals surface area contributed by atoms with E-state index in [1.54, 1.807) is 6.92 Å². The van der Waals surface area contributed by atoms with Crippen LogP contribution in [0.3, 0.4) is 0 Å². The number of hydrogen-bond donors (Lipinski definition) is 0. The van der Waals surface area contributed by atoms with E-state index in [0.717, 1.165) is 22.6 Å². The average molecular weight is 230 g/mol. The molecule has 2 nitrogen and oxygen atoms in total. The van der Waals surface area contributed by atoms with Gasteiger partial charge in [-0.25, -0.2) is 0 Å². The third kappa shape index (κ3) is 2.26. The van der Waals surface area contributed by atoms with E-state index in [1.807, 2.05) is 13.0 Å². The first-order valence-electron chi connectivity index (χ1n) is 6.00. The van der Waals surface area contributed by atoms with E-state index in [1.165, 1.54) is 5.56 Å². The van der Waals surface area contributed by atoms with Crippen molar-refractivity contribution in [2.24, 2.45) is 0 Å². The van der Waals surface area contributed by atoms with Gasteiger partial charge in [0.05, 0.1) is 0 Å². The highest BCUT2D eigenvalue weighted by atomic mass is 16.5. The predicted molar refractivity (Wildman–Crippen MR) is 68.2 cm³/mol. The van der Waals surface area contributed by atoms with Crippen molar-refractivity contribution >= 4 is 5.78 Å². The second kappa shape index (κ2) is 4.36. The van der Waals surface area contributed by atoms with Gasteiger partial charge in [0.1, 0.15) is 11.5 Å². The van der Waals surface area contributed by atoms with E-state index in [9.17, 15) is 4.79 Å². The summed E-state index contributed by atoms with van der Waals surface area (Å²) in [5.41, 5.74) is 3.19. The first-order chi connectivity index (χ1) is 7.99. The Bertz CT molecular complexity index is 496. The lowest BCUT2D eigenvalue weighted by Crippen LogP contribution is -2.13. The molecule has 1 heterocycles. The number of carbonyl (C=O) groups is 1. The molecule has 0 N–H and O–H groups in total. The fraction of sp³-hybridized carbons (Fsp3) is 0.400. The molecule has 0 saturated carbocycles. The van der Waals surface area contributed by atoms with Crippen LogP contribution in [0.1, 0.15) is 44.7 Å². The van der Waals surface area contributed by atoms with Crippen molar-refractivity contribution in [1.29, 1.82) is 0 Å². The summed E-state index contributed by atoms with van der Waals surface area (Å²) in [5.74, 6) is 2.22. The molecule has 0 radical (unpaired) electrons. The quantitative estimate of drug-likeness (QED) is 0.775. The lowest BCUT2D eigenvalue weighted by atomic mass is 9.94. The topological polar surface area (TPSA) is 26.3 Å². The molecule has 1 aliphatic heterocycles. The highest BCUT2D eigenvalue weighted by Gasteiger charge is 2.20. The Hall–Kier alpha value is -1.57. The number of Topliss-reactive ketones (excluding diaryl/α,β-unsaturated/α-hetero) is 1. The number of allylic oxidation sites excluding steroid dienone is 2. The van der Waals surface area contributed by atoms with Crippen LogP contribution in [0.15, 0.2) is 29.5 Å².